The van der Waals surface area contributed by atoms with E-state index in [0.29, 0.717) is 6.04 Å². The van der Waals surface area contributed by atoms with Crippen molar-refractivity contribution in [3.05, 3.63) is 12.2 Å². The van der Waals surface area contributed by atoms with Crippen molar-refractivity contribution in [3.63, 3.8) is 0 Å². The van der Waals surface area contributed by atoms with Gasteiger partial charge in [0.2, 0.25) is 0 Å². The first-order valence-corrected chi connectivity index (χ1v) is 6.09. The van der Waals surface area contributed by atoms with Crippen LogP contribution in [0.4, 0.5) is 0 Å². The van der Waals surface area contributed by atoms with Gasteiger partial charge in [-0.05, 0) is 25.7 Å². The van der Waals surface area contributed by atoms with Crippen LogP contribution in [0.2, 0.25) is 0 Å². The van der Waals surface area contributed by atoms with E-state index < -0.39 is 0 Å². The van der Waals surface area contributed by atoms with Crippen LogP contribution in [0.3, 0.4) is 0 Å². The average molecular weight is 224 g/mol. The minimum Gasteiger partial charge on any atom is -0.411 e. The first kappa shape index (κ1) is 11.6. The van der Waals surface area contributed by atoms with E-state index in [2.05, 4.69) is 22.2 Å². The average Bonchev–Trinajstić information content (AvgIpc) is 2.30. The number of ether oxygens (including phenoxy) is 1. The lowest BCUT2D eigenvalue weighted by Gasteiger charge is -2.35. The van der Waals surface area contributed by atoms with E-state index in [1.165, 1.54) is 0 Å². The van der Waals surface area contributed by atoms with Gasteiger partial charge in [-0.1, -0.05) is 17.3 Å². The summed E-state index contributed by atoms with van der Waals surface area (Å²) in [5.41, 5.74) is 0.936. The molecule has 0 aromatic carbocycles. The zero-order valence-corrected chi connectivity index (χ0v) is 9.64. The third kappa shape index (κ3) is 2.83. The molecule has 1 saturated heterocycles. The van der Waals surface area contributed by atoms with Crippen LogP contribution in [0.25, 0.3) is 0 Å². The fraction of sp³-hybridized carbons (Fsp3) is 0.750. The molecule has 1 N–H and O–H groups in total. The lowest BCUT2D eigenvalue weighted by atomic mass is 9.97. The van der Waals surface area contributed by atoms with E-state index in [-0.39, 0.29) is 0 Å². The minimum atomic E-state index is 0.304. The van der Waals surface area contributed by atoms with Crippen molar-refractivity contribution in [2.75, 3.05) is 26.3 Å². The van der Waals surface area contributed by atoms with Crippen LogP contribution in [0.15, 0.2) is 17.3 Å². The second-order valence-electron chi connectivity index (χ2n) is 4.34. The molecule has 0 aromatic heterocycles. The van der Waals surface area contributed by atoms with Crippen molar-refractivity contribution in [1.82, 2.24) is 4.90 Å². The Labute approximate surface area is 96.6 Å². The highest BCUT2D eigenvalue weighted by molar-refractivity contribution is 5.89. The van der Waals surface area contributed by atoms with Gasteiger partial charge in [0, 0.05) is 13.1 Å². The van der Waals surface area contributed by atoms with Crippen LogP contribution in [0.1, 0.15) is 25.7 Å². The molecular weight excluding hydrogens is 204 g/mol. The predicted molar refractivity (Wildman–Crippen MR) is 63.0 cm³/mol. The number of rotatable bonds is 1. The van der Waals surface area contributed by atoms with Crippen LogP contribution >= 0.6 is 0 Å². The first-order chi connectivity index (χ1) is 7.92. The molecule has 16 heavy (non-hydrogen) atoms. The third-order valence-electron chi connectivity index (χ3n) is 3.34. The van der Waals surface area contributed by atoms with E-state index in [1.807, 2.05) is 0 Å². The number of morpholine rings is 1. The lowest BCUT2D eigenvalue weighted by Crippen LogP contribution is -2.47. The van der Waals surface area contributed by atoms with Gasteiger partial charge in [0.15, 0.2) is 0 Å². The van der Waals surface area contributed by atoms with Crippen LogP contribution in [0, 0.1) is 0 Å². The Morgan fingerprint density at radius 1 is 1.25 bits per heavy atom. The molecule has 1 fully saturated rings. The second kappa shape index (κ2) is 6.01. The van der Waals surface area contributed by atoms with Gasteiger partial charge < -0.3 is 9.94 Å². The van der Waals surface area contributed by atoms with Gasteiger partial charge in [-0.25, -0.2) is 0 Å². The molecule has 4 heteroatoms. The third-order valence-corrected chi connectivity index (χ3v) is 3.34. The van der Waals surface area contributed by atoms with Gasteiger partial charge in [-0.2, -0.15) is 0 Å². The number of allylic oxidation sites excluding steroid dienone is 2. The zero-order valence-electron chi connectivity index (χ0n) is 9.64. The number of hydrogen-bond acceptors (Lipinski definition) is 4. The van der Waals surface area contributed by atoms with Crippen LogP contribution in [0.5, 0.6) is 0 Å². The molecule has 1 heterocycles. The summed E-state index contributed by atoms with van der Waals surface area (Å²) in [7, 11) is 0. The minimum absolute atomic E-state index is 0.304. The largest absolute Gasteiger partial charge is 0.411 e. The molecular formula is C12H20N2O2. The smallest absolute Gasteiger partial charge is 0.0745 e. The molecule has 0 spiro atoms. The highest BCUT2D eigenvalue weighted by atomic mass is 16.5. The van der Waals surface area contributed by atoms with E-state index in [9.17, 15) is 0 Å². The van der Waals surface area contributed by atoms with Crippen molar-refractivity contribution in [2.24, 2.45) is 5.16 Å². The molecule has 0 unspecified atom stereocenters. The maximum Gasteiger partial charge on any atom is 0.0745 e. The van der Waals surface area contributed by atoms with E-state index in [0.717, 1.165) is 57.7 Å². The molecule has 2 rings (SSSR count). The maximum atomic E-state index is 9.11. The Kier molecular flexibility index (Phi) is 4.36. The van der Waals surface area contributed by atoms with Gasteiger partial charge in [-0.15, -0.1) is 0 Å². The first-order valence-electron chi connectivity index (χ1n) is 6.09. The van der Waals surface area contributed by atoms with Crippen molar-refractivity contribution < 1.29 is 9.94 Å². The summed E-state index contributed by atoms with van der Waals surface area (Å²) in [6.07, 6.45) is 8.40. The van der Waals surface area contributed by atoms with E-state index in [1.54, 1.807) is 0 Å². The fourth-order valence-electron chi connectivity index (χ4n) is 2.45. The molecule has 1 aliphatic carbocycles. The Hall–Kier alpha value is -0.870. The molecule has 0 bridgehead atoms. The number of oxime groups is 1. The molecule has 0 aromatic rings. The predicted octanol–water partition coefficient (Wildman–Crippen LogP) is 1.65. The maximum absolute atomic E-state index is 9.11. The standard InChI is InChI=1S/C12H20N2O2/c15-13-11-5-3-1-2-4-6-12(11)14-7-9-16-10-8-14/h1-2,12,15H,3-10H2/b2-1?,13-11+/t12-/m1/s1. The number of hydrogen-bond donors (Lipinski definition) is 1. The highest BCUT2D eigenvalue weighted by Gasteiger charge is 2.25. The van der Waals surface area contributed by atoms with Crippen LogP contribution < -0.4 is 0 Å². The molecule has 1 aliphatic heterocycles. The second-order valence-corrected chi connectivity index (χ2v) is 4.34. The molecule has 90 valence electrons. The number of nitrogens with zero attached hydrogens (tertiary/aromatic N) is 2. The normalized spacial score (nSPS) is 31.2. The quantitative estimate of drug-likeness (QED) is 0.418. The van der Waals surface area contributed by atoms with E-state index >= 15 is 0 Å². The Morgan fingerprint density at radius 2 is 2.00 bits per heavy atom. The summed E-state index contributed by atoms with van der Waals surface area (Å²) in [6.45, 7) is 3.50. The summed E-state index contributed by atoms with van der Waals surface area (Å²) in [6, 6.07) is 0.304. The van der Waals surface area contributed by atoms with E-state index in [4.69, 9.17) is 9.94 Å². The van der Waals surface area contributed by atoms with Gasteiger partial charge in [0.1, 0.15) is 0 Å². The van der Waals surface area contributed by atoms with Gasteiger partial charge in [0.05, 0.1) is 25.0 Å². The molecule has 1 atom stereocenters. The SMILES string of the molecule is O/N=C1\CCC=CCC[C@H]1N1CCOCC1. The van der Waals surface area contributed by atoms with Gasteiger partial charge >= 0.3 is 0 Å². The van der Waals surface area contributed by atoms with Crippen molar-refractivity contribution >= 4 is 5.71 Å². The topological polar surface area (TPSA) is 45.1 Å². The summed E-state index contributed by atoms with van der Waals surface area (Å²) in [4.78, 5) is 2.39. The lowest BCUT2D eigenvalue weighted by molar-refractivity contribution is 0.0269. The molecule has 4 nitrogen and oxygen atoms in total. The van der Waals surface area contributed by atoms with Crippen molar-refractivity contribution in [1.29, 1.82) is 0 Å². The summed E-state index contributed by atoms with van der Waals surface area (Å²) in [5.74, 6) is 0. The summed E-state index contributed by atoms with van der Waals surface area (Å²) in [5, 5.41) is 12.6. The summed E-state index contributed by atoms with van der Waals surface area (Å²) >= 11 is 0. The Morgan fingerprint density at radius 3 is 2.75 bits per heavy atom. The molecule has 0 radical (unpaired) electrons. The van der Waals surface area contributed by atoms with Gasteiger partial charge in [-0.3, -0.25) is 4.90 Å². The highest BCUT2D eigenvalue weighted by Crippen LogP contribution is 2.17. The van der Waals surface area contributed by atoms with Crippen molar-refractivity contribution in [2.45, 2.75) is 31.7 Å². The Balaban J connectivity index is 2.04. The Bertz CT molecular complexity index is 270. The monoisotopic (exact) mass is 224 g/mol. The van der Waals surface area contributed by atoms with Crippen LogP contribution in [-0.4, -0.2) is 48.2 Å². The van der Waals surface area contributed by atoms with Crippen molar-refractivity contribution in [3.8, 4) is 0 Å². The molecule has 2 aliphatic rings. The fourth-order valence-corrected chi connectivity index (χ4v) is 2.45. The molecule has 0 saturated carbocycles. The van der Waals surface area contributed by atoms with Crippen LogP contribution in [-0.2, 0) is 4.74 Å². The summed E-state index contributed by atoms with van der Waals surface area (Å²) < 4.78 is 5.36. The zero-order chi connectivity index (χ0) is 11.2. The molecule has 0 amide bonds. The van der Waals surface area contributed by atoms with Gasteiger partial charge in [0.25, 0.3) is 0 Å².